The second kappa shape index (κ2) is 2.92. The number of nitro groups is 1. The molecular formula is C6H6ClNO3. The molecule has 60 valence electrons. The number of furan rings is 1. The van der Waals surface area contributed by atoms with Crippen LogP contribution in [0.15, 0.2) is 10.5 Å². The first-order valence-electron chi connectivity index (χ1n) is 2.95. The number of alkyl halides is 1. The highest BCUT2D eigenvalue weighted by molar-refractivity contribution is 6.16. The molecule has 1 rings (SSSR count). The van der Waals surface area contributed by atoms with Gasteiger partial charge in [0.15, 0.2) is 0 Å². The molecular weight excluding hydrogens is 170 g/mol. The molecule has 0 aliphatic carbocycles. The minimum absolute atomic E-state index is 0.166. The van der Waals surface area contributed by atoms with Gasteiger partial charge in [0.1, 0.15) is 10.7 Å². The maximum atomic E-state index is 10.2. The molecule has 0 aliphatic rings. The van der Waals surface area contributed by atoms with E-state index in [2.05, 4.69) is 0 Å². The van der Waals surface area contributed by atoms with Gasteiger partial charge in [0.25, 0.3) is 0 Å². The SMILES string of the molecule is Cc1cc([N+](=O)[O-])oc1CCl. The van der Waals surface area contributed by atoms with Crippen molar-refractivity contribution in [2.45, 2.75) is 12.8 Å². The average molecular weight is 176 g/mol. The van der Waals surface area contributed by atoms with E-state index in [1.807, 2.05) is 0 Å². The van der Waals surface area contributed by atoms with Gasteiger partial charge < -0.3 is 4.42 Å². The van der Waals surface area contributed by atoms with Gasteiger partial charge in [-0.3, -0.25) is 10.1 Å². The maximum absolute atomic E-state index is 10.2. The Labute approximate surface area is 67.9 Å². The minimum Gasteiger partial charge on any atom is -0.404 e. The van der Waals surface area contributed by atoms with E-state index in [4.69, 9.17) is 16.0 Å². The third-order valence-corrected chi connectivity index (χ3v) is 1.55. The number of aryl methyl sites for hydroxylation is 1. The van der Waals surface area contributed by atoms with E-state index in [1.165, 1.54) is 6.07 Å². The third kappa shape index (κ3) is 1.51. The summed E-state index contributed by atoms with van der Waals surface area (Å²) in [6.45, 7) is 1.72. The number of hydrogen-bond donors (Lipinski definition) is 0. The van der Waals surface area contributed by atoms with Crippen LogP contribution in [0.5, 0.6) is 0 Å². The lowest BCUT2D eigenvalue weighted by Crippen LogP contribution is -1.82. The Balaban J connectivity index is 3.05. The number of hydrogen-bond acceptors (Lipinski definition) is 3. The molecule has 4 nitrogen and oxygen atoms in total. The zero-order valence-electron chi connectivity index (χ0n) is 5.83. The zero-order valence-corrected chi connectivity index (χ0v) is 6.59. The van der Waals surface area contributed by atoms with Crippen LogP contribution in [-0.2, 0) is 5.88 Å². The van der Waals surface area contributed by atoms with Gasteiger partial charge in [-0.25, -0.2) is 0 Å². The minimum atomic E-state index is -0.580. The van der Waals surface area contributed by atoms with Crippen molar-refractivity contribution in [2.75, 3.05) is 0 Å². The summed E-state index contributed by atoms with van der Waals surface area (Å²) in [6, 6.07) is 1.36. The summed E-state index contributed by atoms with van der Waals surface area (Å²) >= 11 is 5.43. The van der Waals surface area contributed by atoms with E-state index < -0.39 is 4.92 Å². The van der Waals surface area contributed by atoms with Gasteiger partial charge in [-0.2, -0.15) is 0 Å². The lowest BCUT2D eigenvalue weighted by Gasteiger charge is -1.85. The molecule has 0 unspecified atom stereocenters. The fourth-order valence-corrected chi connectivity index (χ4v) is 0.990. The number of halogens is 1. The van der Waals surface area contributed by atoms with Crippen LogP contribution in [0.4, 0.5) is 5.88 Å². The highest BCUT2D eigenvalue weighted by Crippen LogP contribution is 2.21. The Kier molecular flexibility index (Phi) is 2.14. The molecule has 0 fully saturated rings. The molecule has 0 saturated heterocycles. The van der Waals surface area contributed by atoms with Gasteiger partial charge in [-0.1, -0.05) is 0 Å². The molecule has 1 aromatic rings. The molecule has 0 N–H and O–H groups in total. The molecule has 0 aromatic carbocycles. The smallest absolute Gasteiger partial charge is 0.404 e. The monoisotopic (exact) mass is 175 g/mol. The molecule has 0 amide bonds. The topological polar surface area (TPSA) is 56.3 Å². The van der Waals surface area contributed by atoms with Crippen molar-refractivity contribution in [3.05, 3.63) is 27.5 Å². The largest absolute Gasteiger partial charge is 0.433 e. The summed E-state index contributed by atoms with van der Waals surface area (Å²) in [5.74, 6) is 0.371. The van der Waals surface area contributed by atoms with E-state index in [1.54, 1.807) is 6.92 Å². The van der Waals surface area contributed by atoms with Gasteiger partial charge in [-0.05, 0) is 12.5 Å². The van der Waals surface area contributed by atoms with Crippen LogP contribution < -0.4 is 0 Å². The number of rotatable bonds is 2. The average Bonchev–Trinajstić information content (AvgIpc) is 2.31. The standard InChI is InChI=1S/C6H6ClNO3/c1-4-2-6(8(9)10)11-5(4)3-7/h2H,3H2,1H3. The van der Waals surface area contributed by atoms with E-state index in [-0.39, 0.29) is 11.8 Å². The van der Waals surface area contributed by atoms with Crippen LogP contribution in [0.1, 0.15) is 11.3 Å². The van der Waals surface area contributed by atoms with Crippen molar-refractivity contribution in [1.82, 2.24) is 0 Å². The van der Waals surface area contributed by atoms with Crippen LogP contribution in [0.2, 0.25) is 0 Å². The molecule has 0 aliphatic heterocycles. The third-order valence-electron chi connectivity index (χ3n) is 1.31. The summed E-state index contributed by atoms with van der Waals surface area (Å²) in [5.41, 5.74) is 0.715. The van der Waals surface area contributed by atoms with Gasteiger partial charge in [0.05, 0.1) is 11.9 Å². The maximum Gasteiger partial charge on any atom is 0.433 e. The Morgan fingerprint density at radius 2 is 2.45 bits per heavy atom. The predicted molar refractivity (Wildman–Crippen MR) is 39.7 cm³/mol. The molecule has 0 bridgehead atoms. The van der Waals surface area contributed by atoms with Gasteiger partial charge in [0, 0.05) is 0 Å². The highest BCUT2D eigenvalue weighted by Gasteiger charge is 2.14. The lowest BCUT2D eigenvalue weighted by atomic mass is 10.3. The van der Waals surface area contributed by atoms with Crippen LogP contribution >= 0.6 is 11.6 Å². The van der Waals surface area contributed by atoms with E-state index >= 15 is 0 Å². The lowest BCUT2D eigenvalue weighted by molar-refractivity contribution is -0.402. The summed E-state index contributed by atoms with van der Waals surface area (Å²) in [7, 11) is 0. The van der Waals surface area contributed by atoms with Gasteiger partial charge >= 0.3 is 5.88 Å². The Morgan fingerprint density at radius 3 is 2.73 bits per heavy atom. The molecule has 11 heavy (non-hydrogen) atoms. The summed E-state index contributed by atoms with van der Waals surface area (Å²) < 4.78 is 4.79. The fraction of sp³-hybridized carbons (Fsp3) is 0.333. The summed E-state index contributed by atoms with van der Waals surface area (Å²) in [4.78, 5) is 9.57. The quantitative estimate of drug-likeness (QED) is 0.394. The second-order valence-corrected chi connectivity index (χ2v) is 2.35. The molecule has 5 heteroatoms. The van der Waals surface area contributed by atoms with Crippen molar-refractivity contribution in [3.63, 3.8) is 0 Å². The van der Waals surface area contributed by atoms with Crippen molar-refractivity contribution < 1.29 is 9.34 Å². The molecule has 0 saturated carbocycles. The van der Waals surface area contributed by atoms with Crippen molar-refractivity contribution >= 4 is 17.5 Å². The zero-order chi connectivity index (χ0) is 8.43. The normalized spacial score (nSPS) is 10.0. The fourth-order valence-electron chi connectivity index (χ4n) is 0.725. The number of nitrogens with zero attached hydrogens (tertiary/aromatic N) is 1. The Morgan fingerprint density at radius 1 is 1.82 bits per heavy atom. The van der Waals surface area contributed by atoms with E-state index in [0.717, 1.165) is 0 Å². The van der Waals surface area contributed by atoms with Crippen LogP contribution in [0.25, 0.3) is 0 Å². The molecule has 0 radical (unpaired) electrons. The Hall–Kier alpha value is -1.03. The molecule has 0 spiro atoms. The highest BCUT2D eigenvalue weighted by atomic mass is 35.5. The van der Waals surface area contributed by atoms with Crippen LogP contribution in [-0.4, -0.2) is 4.92 Å². The molecule has 0 atom stereocenters. The van der Waals surface area contributed by atoms with Crippen molar-refractivity contribution in [1.29, 1.82) is 0 Å². The van der Waals surface area contributed by atoms with Gasteiger partial charge in [0.2, 0.25) is 0 Å². The van der Waals surface area contributed by atoms with Crippen molar-refractivity contribution in [2.24, 2.45) is 0 Å². The first-order valence-corrected chi connectivity index (χ1v) is 3.48. The summed E-state index contributed by atoms with van der Waals surface area (Å²) in [6.07, 6.45) is 0. The first kappa shape index (κ1) is 8.07. The first-order chi connectivity index (χ1) is 5.15. The van der Waals surface area contributed by atoms with E-state index in [9.17, 15) is 10.1 Å². The van der Waals surface area contributed by atoms with Crippen LogP contribution in [0, 0.1) is 17.0 Å². The predicted octanol–water partition coefficient (Wildman–Crippen LogP) is 2.24. The van der Waals surface area contributed by atoms with Gasteiger partial charge in [-0.15, -0.1) is 11.6 Å². The van der Waals surface area contributed by atoms with Crippen molar-refractivity contribution in [3.8, 4) is 0 Å². The van der Waals surface area contributed by atoms with E-state index in [0.29, 0.717) is 11.3 Å². The second-order valence-electron chi connectivity index (χ2n) is 2.08. The Bertz CT molecular complexity index is 281. The molecule has 1 aromatic heterocycles. The molecule has 1 heterocycles. The van der Waals surface area contributed by atoms with Crippen LogP contribution in [0.3, 0.4) is 0 Å². The summed E-state index contributed by atoms with van der Waals surface area (Å²) in [5, 5.41) is 10.2.